The molecular weight excluding hydrogens is 176 g/mol. The van der Waals surface area contributed by atoms with Gasteiger partial charge in [0.15, 0.2) is 0 Å². The van der Waals surface area contributed by atoms with E-state index in [4.69, 9.17) is 0 Å². The fraction of sp³-hybridized carbons (Fsp3) is 0.300. The van der Waals surface area contributed by atoms with Crippen molar-refractivity contribution >= 4 is 0 Å². The Bertz CT molecular complexity index is 430. The van der Waals surface area contributed by atoms with Crippen molar-refractivity contribution in [1.29, 1.82) is 0 Å². The van der Waals surface area contributed by atoms with Crippen LogP contribution in [0.4, 0.5) is 0 Å². The van der Waals surface area contributed by atoms with Gasteiger partial charge in [0.2, 0.25) is 0 Å². The van der Waals surface area contributed by atoms with E-state index in [1.807, 2.05) is 6.20 Å². The summed E-state index contributed by atoms with van der Waals surface area (Å²) in [7, 11) is 0. The Morgan fingerprint density at radius 3 is 2.86 bits per heavy atom. The predicted molar refractivity (Wildman–Crippen MR) is 51.6 cm³/mol. The third-order valence-electron chi connectivity index (χ3n) is 2.49. The van der Waals surface area contributed by atoms with Crippen LogP contribution in [-0.2, 0) is 0 Å². The average molecular weight is 186 g/mol. The molecule has 3 rings (SSSR count). The second-order valence-electron chi connectivity index (χ2n) is 3.56. The second-order valence-corrected chi connectivity index (χ2v) is 3.56. The first-order chi connectivity index (χ1) is 6.95. The highest BCUT2D eigenvalue weighted by Gasteiger charge is 2.28. The zero-order chi connectivity index (χ0) is 9.38. The number of hydrogen-bond donors (Lipinski definition) is 1. The second kappa shape index (κ2) is 2.90. The van der Waals surface area contributed by atoms with Gasteiger partial charge in [-0.1, -0.05) is 0 Å². The molecule has 2 heterocycles. The molecule has 0 aliphatic heterocycles. The average Bonchev–Trinajstić information content (AvgIpc) is 2.98. The zero-order valence-corrected chi connectivity index (χ0v) is 7.64. The number of rotatable bonds is 2. The van der Waals surface area contributed by atoms with Crippen LogP contribution in [0.15, 0.2) is 24.8 Å². The van der Waals surface area contributed by atoms with E-state index in [-0.39, 0.29) is 0 Å². The summed E-state index contributed by atoms with van der Waals surface area (Å²) in [6.45, 7) is 0. The van der Waals surface area contributed by atoms with E-state index < -0.39 is 0 Å². The highest BCUT2D eigenvalue weighted by atomic mass is 15.1. The van der Waals surface area contributed by atoms with Crippen LogP contribution in [0.2, 0.25) is 0 Å². The van der Waals surface area contributed by atoms with Gasteiger partial charge in [-0.15, -0.1) is 0 Å². The largest absolute Gasteiger partial charge is 0.282 e. The van der Waals surface area contributed by atoms with Crippen molar-refractivity contribution in [2.24, 2.45) is 0 Å². The molecule has 70 valence electrons. The van der Waals surface area contributed by atoms with E-state index in [0.29, 0.717) is 5.92 Å². The highest BCUT2D eigenvalue weighted by molar-refractivity contribution is 5.61. The third kappa shape index (κ3) is 1.19. The minimum atomic E-state index is 0.662. The lowest BCUT2D eigenvalue weighted by Gasteiger charge is -1.98. The predicted octanol–water partition coefficient (Wildman–Crippen LogP) is 1.74. The minimum Gasteiger partial charge on any atom is -0.282 e. The van der Waals surface area contributed by atoms with Crippen molar-refractivity contribution in [3.8, 4) is 11.3 Å². The molecule has 1 aliphatic carbocycles. The monoisotopic (exact) mass is 186 g/mol. The molecule has 2 aromatic rings. The van der Waals surface area contributed by atoms with Gasteiger partial charge in [-0.05, 0) is 12.8 Å². The number of aromatic amines is 1. The lowest BCUT2D eigenvalue weighted by atomic mass is 10.1. The zero-order valence-electron chi connectivity index (χ0n) is 7.64. The number of nitrogens with one attached hydrogen (secondary N) is 1. The molecule has 4 nitrogen and oxygen atoms in total. The molecule has 0 unspecified atom stereocenters. The van der Waals surface area contributed by atoms with Crippen molar-refractivity contribution in [2.45, 2.75) is 18.8 Å². The summed E-state index contributed by atoms with van der Waals surface area (Å²) >= 11 is 0. The first-order valence-corrected chi connectivity index (χ1v) is 4.75. The van der Waals surface area contributed by atoms with Gasteiger partial charge in [0.05, 0.1) is 18.1 Å². The summed E-state index contributed by atoms with van der Waals surface area (Å²) in [6, 6.07) is 0. The van der Waals surface area contributed by atoms with Crippen molar-refractivity contribution in [3.05, 3.63) is 30.5 Å². The standard InChI is InChI=1S/C10H10N4/c1-2-7(1)10-8(5-13-14-10)9-6-11-3-4-12-9/h3-7H,1-2H2,(H,13,14). The smallest absolute Gasteiger partial charge is 0.0919 e. The Balaban J connectivity index is 2.07. The molecule has 0 bridgehead atoms. The van der Waals surface area contributed by atoms with Crippen molar-refractivity contribution in [2.75, 3.05) is 0 Å². The number of nitrogens with zero attached hydrogens (tertiary/aromatic N) is 3. The quantitative estimate of drug-likeness (QED) is 0.777. The molecule has 0 aromatic carbocycles. The van der Waals surface area contributed by atoms with Crippen molar-refractivity contribution in [3.63, 3.8) is 0 Å². The molecule has 4 heteroatoms. The molecule has 0 amide bonds. The van der Waals surface area contributed by atoms with E-state index >= 15 is 0 Å². The Labute approximate surface area is 81.4 Å². The maximum Gasteiger partial charge on any atom is 0.0919 e. The molecule has 2 aromatic heterocycles. The summed E-state index contributed by atoms with van der Waals surface area (Å²) in [4.78, 5) is 8.33. The Morgan fingerprint density at radius 1 is 1.21 bits per heavy atom. The number of H-pyrrole nitrogens is 1. The van der Waals surface area contributed by atoms with Crippen molar-refractivity contribution in [1.82, 2.24) is 20.2 Å². The van der Waals surface area contributed by atoms with E-state index in [2.05, 4.69) is 20.2 Å². The summed E-state index contributed by atoms with van der Waals surface area (Å²) in [6.07, 6.45) is 9.51. The van der Waals surface area contributed by atoms with E-state index in [1.165, 1.54) is 18.5 Å². The van der Waals surface area contributed by atoms with Crippen LogP contribution in [0.25, 0.3) is 11.3 Å². The van der Waals surface area contributed by atoms with Crippen LogP contribution in [0.3, 0.4) is 0 Å². The molecule has 1 fully saturated rings. The molecule has 1 N–H and O–H groups in total. The third-order valence-corrected chi connectivity index (χ3v) is 2.49. The molecule has 1 aliphatic rings. The van der Waals surface area contributed by atoms with Gasteiger partial charge in [-0.2, -0.15) is 5.10 Å². The van der Waals surface area contributed by atoms with Crippen LogP contribution in [0.5, 0.6) is 0 Å². The molecule has 14 heavy (non-hydrogen) atoms. The lowest BCUT2D eigenvalue weighted by Crippen LogP contribution is -1.87. The molecule has 0 saturated heterocycles. The number of hydrogen-bond acceptors (Lipinski definition) is 3. The van der Waals surface area contributed by atoms with Gasteiger partial charge in [-0.25, -0.2) is 0 Å². The molecule has 0 radical (unpaired) electrons. The first-order valence-electron chi connectivity index (χ1n) is 4.75. The van der Waals surface area contributed by atoms with E-state index in [1.54, 1.807) is 18.6 Å². The van der Waals surface area contributed by atoms with Gasteiger partial charge in [0, 0.05) is 29.6 Å². The maximum atomic E-state index is 4.27. The normalized spacial score (nSPS) is 15.7. The Kier molecular flexibility index (Phi) is 1.59. The summed E-state index contributed by atoms with van der Waals surface area (Å²) < 4.78 is 0. The van der Waals surface area contributed by atoms with Gasteiger partial charge in [-0.3, -0.25) is 15.1 Å². The van der Waals surface area contributed by atoms with Gasteiger partial charge < -0.3 is 0 Å². The Morgan fingerprint density at radius 2 is 2.14 bits per heavy atom. The SMILES string of the molecule is c1cnc(-c2cn[nH]c2C2CC2)cn1. The van der Waals surface area contributed by atoms with Crippen LogP contribution >= 0.6 is 0 Å². The van der Waals surface area contributed by atoms with Gasteiger partial charge in [0.25, 0.3) is 0 Å². The Hall–Kier alpha value is -1.71. The van der Waals surface area contributed by atoms with Crippen LogP contribution in [0.1, 0.15) is 24.5 Å². The van der Waals surface area contributed by atoms with Crippen LogP contribution < -0.4 is 0 Å². The number of aromatic nitrogens is 4. The summed E-state index contributed by atoms with van der Waals surface area (Å²) in [5, 5.41) is 7.12. The van der Waals surface area contributed by atoms with Gasteiger partial charge >= 0.3 is 0 Å². The van der Waals surface area contributed by atoms with E-state index in [0.717, 1.165) is 11.3 Å². The highest BCUT2D eigenvalue weighted by Crippen LogP contribution is 2.42. The lowest BCUT2D eigenvalue weighted by molar-refractivity contribution is 0.965. The fourth-order valence-electron chi connectivity index (χ4n) is 1.62. The summed E-state index contributed by atoms with van der Waals surface area (Å²) in [5.41, 5.74) is 3.22. The topological polar surface area (TPSA) is 54.5 Å². The van der Waals surface area contributed by atoms with Gasteiger partial charge in [0.1, 0.15) is 0 Å². The van der Waals surface area contributed by atoms with Crippen molar-refractivity contribution < 1.29 is 0 Å². The molecule has 0 atom stereocenters. The molecule has 0 spiro atoms. The molecular formula is C10H10N4. The van der Waals surface area contributed by atoms with E-state index in [9.17, 15) is 0 Å². The molecule has 1 saturated carbocycles. The fourth-order valence-corrected chi connectivity index (χ4v) is 1.62. The maximum absolute atomic E-state index is 4.27. The first kappa shape index (κ1) is 7.67. The summed E-state index contributed by atoms with van der Waals surface area (Å²) in [5.74, 6) is 0.662. The van der Waals surface area contributed by atoms with Crippen LogP contribution in [0, 0.1) is 0 Å². The minimum absolute atomic E-state index is 0.662. The van der Waals surface area contributed by atoms with Crippen LogP contribution in [-0.4, -0.2) is 20.2 Å².